The second-order valence-corrected chi connectivity index (χ2v) is 6.76. The number of carbonyl (C=O) groups is 1. The SMILES string of the molecule is CN(C)C1CCN(CC(=O)C2CCCC(N([O-])O)C2)CC1. The van der Waals surface area contributed by atoms with Gasteiger partial charge >= 0.3 is 0 Å². The Labute approximate surface area is 127 Å². The van der Waals surface area contributed by atoms with Crippen molar-refractivity contribution in [2.75, 3.05) is 33.7 Å². The average Bonchev–Trinajstić information content (AvgIpc) is 2.48. The minimum absolute atomic E-state index is 0.0437. The quantitative estimate of drug-likeness (QED) is 0.772. The van der Waals surface area contributed by atoms with Crippen LogP contribution >= 0.6 is 0 Å². The lowest BCUT2D eigenvalue weighted by Gasteiger charge is -2.38. The number of hydrogen-bond acceptors (Lipinski definition) is 6. The molecular formula is C15H28N3O3-. The molecule has 2 unspecified atom stereocenters. The van der Waals surface area contributed by atoms with Crippen LogP contribution in [0.4, 0.5) is 0 Å². The Hall–Kier alpha value is -0.530. The van der Waals surface area contributed by atoms with Crippen LogP contribution in [0.3, 0.4) is 0 Å². The van der Waals surface area contributed by atoms with Gasteiger partial charge in [0.25, 0.3) is 0 Å². The molecule has 1 saturated carbocycles. The third kappa shape index (κ3) is 4.72. The lowest BCUT2D eigenvalue weighted by atomic mass is 9.83. The fourth-order valence-electron chi connectivity index (χ4n) is 3.60. The highest BCUT2D eigenvalue weighted by Gasteiger charge is 2.29. The molecule has 0 aromatic carbocycles. The fraction of sp³-hybridized carbons (Fsp3) is 0.933. The van der Waals surface area contributed by atoms with Gasteiger partial charge in [0.2, 0.25) is 0 Å². The first-order valence-electron chi connectivity index (χ1n) is 8.04. The number of nitrogens with zero attached hydrogens (tertiary/aromatic N) is 3. The van der Waals surface area contributed by atoms with Crippen molar-refractivity contribution < 1.29 is 10.0 Å². The molecule has 122 valence electrons. The number of hydrogen-bond donors (Lipinski definition) is 1. The summed E-state index contributed by atoms with van der Waals surface area (Å²) in [5, 5.41) is 20.1. The van der Waals surface area contributed by atoms with Gasteiger partial charge in [-0.3, -0.25) is 14.9 Å². The van der Waals surface area contributed by atoms with Gasteiger partial charge in [-0.05, 0) is 46.2 Å². The number of hydroxylamine groups is 2. The number of likely N-dealkylation sites (tertiary alicyclic amines) is 1. The van der Waals surface area contributed by atoms with Crippen LogP contribution in [0.15, 0.2) is 0 Å². The maximum absolute atomic E-state index is 12.4. The molecular weight excluding hydrogens is 270 g/mol. The van der Waals surface area contributed by atoms with Gasteiger partial charge in [0.1, 0.15) is 5.78 Å². The van der Waals surface area contributed by atoms with E-state index in [1.807, 2.05) is 0 Å². The van der Waals surface area contributed by atoms with Crippen LogP contribution in [0.1, 0.15) is 38.5 Å². The van der Waals surface area contributed by atoms with Gasteiger partial charge in [-0.15, -0.1) is 0 Å². The molecule has 2 fully saturated rings. The predicted octanol–water partition coefficient (Wildman–Crippen LogP) is 1.33. The third-order valence-corrected chi connectivity index (χ3v) is 5.08. The highest BCUT2D eigenvalue weighted by Crippen LogP contribution is 2.28. The maximum Gasteiger partial charge on any atom is 0.149 e. The Kier molecular flexibility index (Phi) is 6.13. The smallest absolute Gasteiger partial charge is 0.149 e. The molecule has 0 amide bonds. The number of carbonyl (C=O) groups excluding carboxylic acids is 1. The summed E-state index contributed by atoms with van der Waals surface area (Å²) in [6, 6.07) is 0.228. The van der Waals surface area contributed by atoms with Crippen LogP contribution in [0.25, 0.3) is 0 Å². The molecule has 0 aromatic rings. The minimum atomic E-state index is -0.396. The molecule has 0 radical (unpaired) electrons. The summed E-state index contributed by atoms with van der Waals surface area (Å²) in [5.41, 5.74) is 0. The zero-order valence-electron chi connectivity index (χ0n) is 13.2. The lowest BCUT2D eigenvalue weighted by molar-refractivity contribution is -0.130. The van der Waals surface area contributed by atoms with E-state index in [9.17, 15) is 10.0 Å². The Morgan fingerprint density at radius 1 is 1.19 bits per heavy atom. The predicted molar refractivity (Wildman–Crippen MR) is 80.9 cm³/mol. The molecule has 1 aliphatic heterocycles. The molecule has 21 heavy (non-hydrogen) atoms. The summed E-state index contributed by atoms with van der Waals surface area (Å²) in [7, 11) is 4.22. The normalized spacial score (nSPS) is 29.2. The van der Waals surface area contributed by atoms with Crippen LogP contribution in [0, 0.1) is 11.1 Å². The maximum atomic E-state index is 12.4. The second kappa shape index (κ2) is 7.65. The van der Waals surface area contributed by atoms with Crippen LogP contribution in [0.5, 0.6) is 0 Å². The van der Waals surface area contributed by atoms with Gasteiger partial charge in [0.05, 0.1) is 6.54 Å². The molecule has 6 heteroatoms. The minimum Gasteiger partial charge on any atom is -0.762 e. The average molecular weight is 298 g/mol. The fourth-order valence-corrected chi connectivity index (χ4v) is 3.60. The van der Waals surface area contributed by atoms with Crippen molar-refractivity contribution in [3.05, 3.63) is 5.21 Å². The number of Topliss-reactive ketones (excluding diaryl/α,β-unsaturated/α-hetero) is 1. The van der Waals surface area contributed by atoms with Gasteiger partial charge in [0, 0.05) is 31.1 Å². The molecule has 1 aliphatic carbocycles. The largest absolute Gasteiger partial charge is 0.762 e. The zero-order valence-corrected chi connectivity index (χ0v) is 13.2. The zero-order chi connectivity index (χ0) is 15.4. The monoisotopic (exact) mass is 298 g/mol. The van der Waals surface area contributed by atoms with Crippen LogP contribution in [-0.2, 0) is 4.79 Å². The summed E-state index contributed by atoms with van der Waals surface area (Å²) in [6.45, 7) is 2.44. The second-order valence-electron chi connectivity index (χ2n) is 6.76. The Morgan fingerprint density at radius 2 is 1.86 bits per heavy atom. The van der Waals surface area contributed by atoms with Gasteiger partial charge in [-0.2, -0.15) is 0 Å². The summed E-state index contributed by atoms with van der Waals surface area (Å²) in [4.78, 5) is 16.9. The van der Waals surface area contributed by atoms with Crippen molar-refractivity contribution >= 4 is 5.78 Å². The van der Waals surface area contributed by atoms with E-state index >= 15 is 0 Å². The molecule has 1 heterocycles. The molecule has 2 atom stereocenters. The van der Waals surface area contributed by atoms with Crippen LogP contribution in [0.2, 0.25) is 0 Å². The van der Waals surface area contributed by atoms with E-state index in [2.05, 4.69) is 23.9 Å². The van der Waals surface area contributed by atoms with E-state index in [0.717, 1.165) is 38.8 Å². The van der Waals surface area contributed by atoms with Crippen molar-refractivity contribution in [1.82, 2.24) is 15.0 Å². The van der Waals surface area contributed by atoms with Crippen LogP contribution in [-0.4, -0.2) is 71.8 Å². The highest BCUT2D eigenvalue weighted by molar-refractivity contribution is 5.83. The Bertz CT molecular complexity index is 341. The van der Waals surface area contributed by atoms with E-state index < -0.39 is 6.04 Å². The summed E-state index contributed by atoms with van der Waals surface area (Å²) in [5.74, 6) is 0.184. The molecule has 0 bridgehead atoms. The van der Waals surface area contributed by atoms with E-state index in [0.29, 0.717) is 25.4 Å². The van der Waals surface area contributed by atoms with E-state index in [-0.39, 0.29) is 16.9 Å². The standard InChI is InChI=1S/C15H28N3O3/c1-16(2)13-6-8-17(9-7-13)11-15(19)12-4-3-5-14(10-12)18(20)21/h12-14,20H,3-11H2,1-2H3/q-1. The molecule has 0 spiro atoms. The Morgan fingerprint density at radius 3 is 2.43 bits per heavy atom. The molecule has 0 aromatic heterocycles. The first-order chi connectivity index (χ1) is 9.97. The van der Waals surface area contributed by atoms with Crippen molar-refractivity contribution in [3.63, 3.8) is 0 Å². The molecule has 1 N–H and O–H groups in total. The third-order valence-electron chi connectivity index (χ3n) is 5.08. The van der Waals surface area contributed by atoms with Gasteiger partial charge in [0.15, 0.2) is 0 Å². The first kappa shape index (κ1) is 16.8. The molecule has 2 rings (SSSR count). The van der Waals surface area contributed by atoms with Gasteiger partial charge < -0.3 is 15.3 Å². The van der Waals surface area contributed by atoms with Crippen molar-refractivity contribution in [2.24, 2.45) is 5.92 Å². The lowest BCUT2D eigenvalue weighted by Crippen LogP contribution is -2.45. The van der Waals surface area contributed by atoms with Crippen LogP contribution < -0.4 is 0 Å². The molecule has 2 aliphatic rings. The van der Waals surface area contributed by atoms with Gasteiger partial charge in [-0.1, -0.05) is 6.42 Å². The van der Waals surface area contributed by atoms with E-state index in [1.54, 1.807) is 0 Å². The number of ketones is 1. The van der Waals surface area contributed by atoms with Crippen molar-refractivity contribution in [2.45, 2.75) is 50.6 Å². The number of piperidine rings is 1. The summed E-state index contributed by atoms with van der Waals surface area (Å²) >= 11 is 0. The Balaban J connectivity index is 1.77. The molecule has 1 saturated heterocycles. The van der Waals surface area contributed by atoms with E-state index in [4.69, 9.17) is 5.21 Å². The summed E-state index contributed by atoms with van der Waals surface area (Å²) in [6.07, 6.45) is 5.13. The van der Waals surface area contributed by atoms with Crippen molar-refractivity contribution in [3.8, 4) is 0 Å². The van der Waals surface area contributed by atoms with Crippen molar-refractivity contribution in [1.29, 1.82) is 0 Å². The first-order valence-corrected chi connectivity index (χ1v) is 8.04. The molecule has 6 nitrogen and oxygen atoms in total. The van der Waals surface area contributed by atoms with Gasteiger partial charge in [-0.25, -0.2) is 0 Å². The topological polar surface area (TPSA) is 70.1 Å². The summed E-state index contributed by atoms with van der Waals surface area (Å²) < 4.78 is 0. The van der Waals surface area contributed by atoms with E-state index in [1.165, 1.54) is 0 Å². The number of rotatable bonds is 5. The highest BCUT2D eigenvalue weighted by atomic mass is 16.8.